The number of imidazole rings is 1. The van der Waals surface area contributed by atoms with Gasteiger partial charge in [0, 0.05) is 37.7 Å². The van der Waals surface area contributed by atoms with Crippen LogP contribution in [0, 0.1) is 5.92 Å². The van der Waals surface area contributed by atoms with Crippen LogP contribution in [-0.4, -0.2) is 34.0 Å². The van der Waals surface area contributed by atoms with Gasteiger partial charge in [-0.15, -0.1) is 0 Å². The van der Waals surface area contributed by atoms with E-state index < -0.39 is 6.04 Å². The largest absolute Gasteiger partial charge is 0.354 e. The van der Waals surface area contributed by atoms with Gasteiger partial charge in [0.15, 0.2) is 0 Å². The van der Waals surface area contributed by atoms with Gasteiger partial charge in [-0.25, -0.2) is 4.98 Å². The van der Waals surface area contributed by atoms with Crippen LogP contribution >= 0.6 is 0 Å². The average molecular weight is 425 g/mol. The Morgan fingerprint density at radius 2 is 1.84 bits per heavy atom. The molecule has 2 N–H and O–H groups in total. The Morgan fingerprint density at radius 3 is 2.45 bits per heavy atom. The topological polar surface area (TPSA) is 76.0 Å². The number of nitrogens with one attached hydrogen (secondary N) is 2. The molecule has 6 nitrogen and oxygen atoms in total. The number of fused-ring (bicyclic) bond motifs is 1. The molecular weight excluding hydrogens is 388 g/mol. The van der Waals surface area contributed by atoms with Crippen molar-refractivity contribution in [1.82, 2.24) is 20.2 Å². The van der Waals surface area contributed by atoms with Crippen LogP contribution in [0.4, 0.5) is 0 Å². The summed E-state index contributed by atoms with van der Waals surface area (Å²) >= 11 is 0. The second-order valence-corrected chi connectivity index (χ2v) is 9.86. The molecule has 0 fully saturated rings. The van der Waals surface area contributed by atoms with Crippen molar-refractivity contribution in [2.75, 3.05) is 6.54 Å². The molecule has 0 spiro atoms. The van der Waals surface area contributed by atoms with Crippen LogP contribution in [0.1, 0.15) is 74.9 Å². The summed E-state index contributed by atoms with van der Waals surface area (Å²) in [5.74, 6) is 0.754. The van der Waals surface area contributed by atoms with Gasteiger partial charge >= 0.3 is 0 Å². The minimum absolute atomic E-state index is 0.0160. The van der Waals surface area contributed by atoms with Crippen molar-refractivity contribution in [2.24, 2.45) is 5.92 Å². The second-order valence-electron chi connectivity index (χ2n) is 9.86. The van der Waals surface area contributed by atoms with Crippen LogP contribution < -0.4 is 10.6 Å². The first-order valence-corrected chi connectivity index (χ1v) is 11.4. The van der Waals surface area contributed by atoms with E-state index in [-0.39, 0.29) is 23.1 Å². The van der Waals surface area contributed by atoms with Crippen LogP contribution in [-0.2, 0) is 29.6 Å². The zero-order chi connectivity index (χ0) is 22.6. The zero-order valence-electron chi connectivity index (χ0n) is 19.5. The Bertz CT molecular complexity index is 883. The normalized spacial score (nSPS) is 14.8. The number of aryl methyl sites for hydroxylation is 2. The lowest BCUT2D eigenvalue weighted by Crippen LogP contribution is -2.50. The Balaban J connectivity index is 1.55. The number of nitrogens with zero attached hydrogens (tertiary/aromatic N) is 2. The highest BCUT2D eigenvalue weighted by atomic mass is 16.2. The van der Waals surface area contributed by atoms with Crippen molar-refractivity contribution in [1.29, 1.82) is 0 Å². The molecule has 2 aromatic rings. The van der Waals surface area contributed by atoms with Gasteiger partial charge in [0.1, 0.15) is 11.9 Å². The van der Waals surface area contributed by atoms with E-state index in [1.807, 2.05) is 38.1 Å². The third kappa shape index (κ3) is 5.96. The minimum Gasteiger partial charge on any atom is -0.354 e. The van der Waals surface area contributed by atoms with Gasteiger partial charge in [-0.05, 0) is 41.9 Å². The molecule has 1 aliphatic rings. The van der Waals surface area contributed by atoms with Gasteiger partial charge in [-0.1, -0.05) is 46.8 Å². The first-order valence-electron chi connectivity index (χ1n) is 11.4. The number of hydrogen-bond acceptors (Lipinski definition) is 3. The zero-order valence-corrected chi connectivity index (χ0v) is 19.5. The molecular formula is C25H36N4O2. The monoisotopic (exact) mass is 424 g/mol. The van der Waals surface area contributed by atoms with Crippen molar-refractivity contribution in [3.63, 3.8) is 0 Å². The summed E-state index contributed by atoms with van der Waals surface area (Å²) in [7, 11) is 0. The van der Waals surface area contributed by atoms with Gasteiger partial charge < -0.3 is 15.2 Å². The highest BCUT2D eigenvalue weighted by Gasteiger charge is 2.25. The van der Waals surface area contributed by atoms with Gasteiger partial charge in [-0.2, -0.15) is 0 Å². The Kier molecular flexibility index (Phi) is 7.19. The van der Waals surface area contributed by atoms with Gasteiger partial charge in [0.25, 0.3) is 5.91 Å². The maximum Gasteiger partial charge on any atom is 0.251 e. The van der Waals surface area contributed by atoms with Crippen LogP contribution in [0.3, 0.4) is 0 Å². The SMILES string of the molecule is CC(C)[C@H](NC(=O)c1ccc(C(C)(C)C)cc1)C(=O)NCCc1cn2c(n1)CCCC2. The molecule has 1 aliphatic heterocycles. The van der Waals surface area contributed by atoms with Crippen LogP contribution in [0.25, 0.3) is 0 Å². The quantitative estimate of drug-likeness (QED) is 0.713. The summed E-state index contributed by atoms with van der Waals surface area (Å²) in [5, 5.41) is 5.88. The predicted octanol–water partition coefficient (Wildman–Crippen LogP) is 3.63. The molecule has 2 amide bonds. The molecule has 168 valence electrons. The van der Waals surface area contributed by atoms with Crippen molar-refractivity contribution in [3.05, 3.63) is 53.1 Å². The van der Waals surface area contributed by atoms with E-state index in [1.165, 1.54) is 18.4 Å². The van der Waals surface area contributed by atoms with E-state index in [0.29, 0.717) is 18.5 Å². The van der Waals surface area contributed by atoms with E-state index in [0.717, 1.165) is 24.5 Å². The standard InChI is InChI=1S/C25H36N4O2/c1-17(2)22(28-23(30)18-9-11-19(12-10-18)25(3,4)5)24(31)26-14-13-20-16-29-15-7-6-8-21(29)27-20/h9-12,16-17,22H,6-8,13-15H2,1-5H3,(H,26,31)(H,28,30)/t22-/m0/s1. The van der Waals surface area contributed by atoms with Gasteiger partial charge in [0.05, 0.1) is 5.69 Å². The second kappa shape index (κ2) is 9.67. The molecule has 31 heavy (non-hydrogen) atoms. The number of carbonyl (C=O) groups excluding carboxylic acids is 2. The van der Waals surface area contributed by atoms with Crippen molar-refractivity contribution >= 4 is 11.8 Å². The third-order valence-corrected chi connectivity index (χ3v) is 5.89. The average Bonchev–Trinajstić information content (AvgIpc) is 3.13. The highest BCUT2D eigenvalue weighted by Crippen LogP contribution is 2.22. The molecule has 0 saturated carbocycles. The maximum absolute atomic E-state index is 12.8. The molecule has 2 heterocycles. The molecule has 0 saturated heterocycles. The highest BCUT2D eigenvalue weighted by molar-refractivity contribution is 5.97. The summed E-state index contributed by atoms with van der Waals surface area (Å²) in [6, 6.07) is 7.02. The smallest absolute Gasteiger partial charge is 0.251 e. The van der Waals surface area contributed by atoms with E-state index in [9.17, 15) is 9.59 Å². The molecule has 1 aromatic heterocycles. The molecule has 6 heteroatoms. The Morgan fingerprint density at radius 1 is 1.13 bits per heavy atom. The van der Waals surface area contributed by atoms with Crippen LogP contribution in [0.5, 0.6) is 0 Å². The number of benzene rings is 1. The summed E-state index contributed by atoms with van der Waals surface area (Å²) in [6.45, 7) is 11.8. The third-order valence-electron chi connectivity index (χ3n) is 5.89. The first kappa shape index (κ1) is 23.0. The molecule has 3 rings (SSSR count). The molecule has 0 radical (unpaired) electrons. The van der Waals surface area contributed by atoms with Crippen molar-refractivity contribution < 1.29 is 9.59 Å². The maximum atomic E-state index is 12.8. The van der Waals surface area contributed by atoms with E-state index in [1.54, 1.807) is 0 Å². The van der Waals surface area contributed by atoms with E-state index in [2.05, 4.69) is 47.2 Å². The first-order chi connectivity index (χ1) is 14.6. The summed E-state index contributed by atoms with van der Waals surface area (Å²) < 4.78 is 2.22. The molecule has 0 aliphatic carbocycles. The van der Waals surface area contributed by atoms with Gasteiger partial charge in [-0.3, -0.25) is 9.59 Å². The molecule has 1 aromatic carbocycles. The number of carbonyl (C=O) groups is 2. The lowest BCUT2D eigenvalue weighted by molar-refractivity contribution is -0.123. The number of hydrogen-bond donors (Lipinski definition) is 2. The summed E-state index contributed by atoms with van der Waals surface area (Å²) in [6.07, 6.45) is 6.23. The predicted molar refractivity (Wildman–Crippen MR) is 123 cm³/mol. The Labute approximate surface area is 185 Å². The molecule has 0 bridgehead atoms. The van der Waals surface area contributed by atoms with Gasteiger partial charge in [0.2, 0.25) is 5.91 Å². The minimum atomic E-state index is -0.579. The number of rotatable bonds is 7. The fourth-order valence-electron chi connectivity index (χ4n) is 3.90. The van der Waals surface area contributed by atoms with Crippen molar-refractivity contribution in [2.45, 2.75) is 78.3 Å². The fraction of sp³-hybridized carbons (Fsp3) is 0.560. The van der Waals surface area contributed by atoms with E-state index in [4.69, 9.17) is 0 Å². The number of aromatic nitrogens is 2. The number of amides is 2. The fourth-order valence-corrected chi connectivity index (χ4v) is 3.90. The Hall–Kier alpha value is -2.63. The van der Waals surface area contributed by atoms with E-state index >= 15 is 0 Å². The molecule has 1 atom stereocenters. The van der Waals surface area contributed by atoms with Crippen LogP contribution in [0.2, 0.25) is 0 Å². The summed E-state index contributed by atoms with van der Waals surface area (Å²) in [4.78, 5) is 30.2. The summed E-state index contributed by atoms with van der Waals surface area (Å²) in [5.41, 5.74) is 2.78. The lowest BCUT2D eigenvalue weighted by atomic mass is 9.86. The van der Waals surface area contributed by atoms with Crippen molar-refractivity contribution in [3.8, 4) is 0 Å². The molecule has 0 unspecified atom stereocenters. The lowest BCUT2D eigenvalue weighted by Gasteiger charge is -2.22. The van der Waals surface area contributed by atoms with Crippen LogP contribution in [0.15, 0.2) is 30.5 Å².